The van der Waals surface area contributed by atoms with Gasteiger partial charge in [0, 0.05) is 6.92 Å². The third kappa shape index (κ3) is 6.77. The minimum atomic E-state index is -0.966. The molecule has 0 saturated heterocycles. The molecule has 0 fully saturated rings. The van der Waals surface area contributed by atoms with Crippen molar-refractivity contribution < 1.29 is 19.7 Å². The first-order chi connectivity index (χ1) is 8.61. The van der Waals surface area contributed by atoms with E-state index in [-0.39, 0.29) is 24.2 Å². The summed E-state index contributed by atoms with van der Waals surface area (Å²) in [5.41, 5.74) is 0. The van der Waals surface area contributed by atoms with Gasteiger partial charge < -0.3 is 20.3 Å². The van der Waals surface area contributed by atoms with Crippen LogP contribution < -0.4 is 10.1 Å². The standard InChI is InChI=1S/C9H13N3O4.C2H6/c1-6(14)11-8-2-10-3-9(12-8)16-5-7(15)4-13;1-2/h2-3,7,13,15H,4-5H2,1H3,(H,11,12,14);1-2H3. The zero-order valence-electron chi connectivity index (χ0n) is 10.8. The number of hydrogen-bond donors (Lipinski definition) is 3. The number of aliphatic hydroxyl groups excluding tert-OH is 2. The number of amides is 1. The first-order valence-electron chi connectivity index (χ1n) is 5.63. The minimum Gasteiger partial charge on any atom is -0.474 e. The molecular formula is C11H19N3O4. The lowest BCUT2D eigenvalue weighted by Crippen LogP contribution is -2.21. The molecule has 0 saturated carbocycles. The van der Waals surface area contributed by atoms with Gasteiger partial charge in [-0.3, -0.25) is 9.78 Å². The molecule has 0 bridgehead atoms. The van der Waals surface area contributed by atoms with Gasteiger partial charge in [-0.2, -0.15) is 4.98 Å². The Labute approximate surface area is 106 Å². The second-order valence-electron chi connectivity index (χ2n) is 3.07. The molecule has 18 heavy (non-hydrogen) atoms. The van der Waals surface area contributed by atoms with Crippen LogP contribution in [0.3, 0.4) is 0 Å². The Morgan fingerprint density at radius 2 is 2.17 bits per heavy atom. The monoisotopic (exact) mass is 257 g/mol. The quantitative estimate of drug-likeness (QED) is 0.695. The maximum absolute atomic E-state index is 10.7. The van der Waals surface area contributed by atoms with E-state index in [9.17, 15) is 4.79 Å². The molecule has 102 valence electrons. The summed E-state index contributed by atoms with van der Waals surface area (Å²) in [5, 5.41) is 20.0. The van der Waals surface area contributed by atoms with Crippen molar-refractivity contribution in [2.45, 2.75) is 26.9 Å². The van der Waals surface area contributed by atoms with Crippen molar-refractivity contribution in [3.05, 3.63) is 12.4 Å². The zero-order valence-corrected chi connectivity index (χ0v) is 10.8. The molecule has 1 aromatic rings. The molecule has 0 aliphatic carbocycles. The summed E-state index contributed by atoms with van der Waals surface area (Å²) in [5.74, 6) is 0.170. The molecule has 0 aliphatic heterocycles. The van der Waals surface area contributed by atoms with E-state index in [1.807, 2.05) is 13.8 Å². The van der Waals surface area contributed by atoms with Crippen LogP contribution in [0.15, 0.2) is 12.4 Å². The van der Waals surface area contributed by atoms with Crippen LogP contribution in [0.25, 0.3) is 0 Å². The van der Waals surface area contributed by atoms with Crippen molar-refractivity contribution >= 4 is 11.7 Å². The van der Waals surface area contributed by atoms with E-state index >= 15 is 0 Å². The van der Waals surface area contributed by atoms with Crippen LogP contribution in [-0.4, -0.2) is 45.4 Å². The molecule has 1 heterocycles. The van der Waals surface area contributed by atoms with Crippen molar-refractivity contribution in [2.24, 2.45) is 0 Å². The van der Waals surface area contributed by atoms with Crippen LogP contribution >= 0.6 is 0 Å². The van der Waals surface area contributed by atoms with E-state index < -0.39 is 12.7 Å². The molecule has 7 heteroatoms. The highest BCUT2D eigenvalue weighted by Crippen LogP contribution is 2.08. The smallest absolute Gasteiger partial charge is 0.234 e. The van der Waals surface area contributed by atoms with Gasteiger partial charge in [-0.25, -0.2) is 0 Å². The van der Waals surface area contributed by atoms with Gasteiger partial charge >= 0.3 is 0 Å². The van der Waals surface area contributed by atoms with Crippen LogP contribution in [0.4, 0.5) is 5.82 Å². The summed E-state index contributed by atoms with van der Waals surface area (Å²) in [4.78, 5) is 18.4. The number of anilines is 1. The molecule has 1 atom stereocenters. The molecule has 0 radical (unpaired) electrons. The third-order valence-corrected chi connectivity index (χ3v) is 1.55. The molecule has 1 unspecified atom stereocenters. The summed E-state index contributed by atoms with van der Waals surface area (Å²) in [7, 11) is 0. The van der Waals surface area contributed by atoms with Crippen molar-refractivity contribution in [1.82, 2.24) is 9.97 Å². The maximum atomic E-state index is 10.7. The predicted octanol–water partition coefficient (Wildman–Crippen LogP) is 0.193. The third-order valence-electron chi connectivity index (χ3n) is 1.55. The van der Waals surface area contributed by atoms with Gasteiger partial charge in [0.1, 0.15) is 12.7 Å². The molecule has 7 nitrogen and oxygen atoms in total. The number of aliphatic hydroxyl groups is 2. The Morgan fingerprint density at radius 1 is 1.50 bits per heavy atom. The summed E-state index contributed by atoms with van der Waals surface area (Å²) >= 11 is 0. The molecular weight excluding hydrogens is 238 g/mol. The molecule has 0 aromatic carbocycles. The van der Waals surface area contributed by atoms with Crippen molar-refractivity contribution in [1.29, 1.82) is 0 Å². The second kappa shape index (κ2) is 9.32. The number of nitrogens with one attached hydrogen (secondary N) is 1. The van der Waals surface area contributed by atoms with Gasteiger partial charge in [-0.1, -0.05) is 13.8 Å². The summed E-state index contributed by atoms with van der Waals surface area (Å²) < 4.78 is 5.05. The van der Waals surface area contributed by atoms with Crippen LogP contribution in [-0.2, 0) is 4.79 Å². The van der Waals surface area contributed by atoms with Gasteiger partial charge in [0.15, 0.2) is 5.82 Å². The number of aromatic nitrogens is 2. The van der Waals surface area contributed by atoms with Gasteiger partial charge in [0.05, 0.1) is 19.0 Å². The van der Waals surface area contributed by atoms with Crippen molar-refractivity contribution in [2.75, 3.05) is 18.5 Å². The Hall–Kier alpha value is -1.73. The highest BCUT2D eigenvalue weighted by molar-refractivity contribution is 5.87. The Balaban J connectivity index is 0.00000137. The van der Waals surface area contributed by atoms with Crippen LogP contribution in [0.1, 0.15) is 20.8 Å². The van der Waals surface area contributed by atoms with Gasteiger partial charge in [-0.15, -0.1) is 0 Å². The van der Waals surface area contributed by atoms with Gasteiger partial charge in [0.25, 0.3) is 0 Å². The Kier molecular flexibility index (Phi) is 8.42. The number of carbonyl (C=O) groups excluding carboxylic acids is 1. The lowest BCUT2D eigenvalue weighted by atomic mass is 10.4. The molecule has 3 N–H and O–H groups in total. The van der Waals surface area contributed by atoms with E-state index in [0.29, 0.717) is 0 Å². The normalized spacial score (nSPS) is 10.9. The lowest BCUT2D eigenvalue weighted by Gasteiger charge is -2.09. The van der Waals surface area contributed by atoms with E-state index in [4.69, 9.17) is 14.9 Å². The average Bonchev–Trinajstić information content (AvgIpc) is 2.38. The van der Waals surface area contributed by atoms with Crippen LogP contribution in [0.5, 0.6) is 5.88 Å². The molecule has 0 spiro atoms. The van der Waals surface area contributed by atoms with Crippen LogP contribution in [0, 0.1) is 0 Å². The summed E-state index contributed by atoms with van der Waals surface area (Å²) in [6, 6.07) is 0. The first-order valence-corrected chi connectivity index (χ1v) is 5.63. The fraction of sp³-hybridized carbons (Fsp3) is 0.545. The van der Waals surface area contributed by atoms with E-state index in [1.165, 1.54) is 19.3 Å². The van der Waals surface area contributed by atoms with Crippen LogP contribution in [0.2, 0.25) is 0 Å². The second-order valence-corrected chi connectivity index (χ2v) is 3.07. The zero-order chi connectivity index (χ0) is 14.0. The lowest BCUT2D eigenvalue weighted by molar-refractivity contribution is -0.114. The van der Waals surface area contributed by atoms with Gasteiger partial charge in [-0.05, 0) is 0 Å². The molecule has 1 rings (SSSR count). The number of carbonyl (C=O) groups is 1. The number of rotatable bonds is 5. The first kappa shape index (κ1) is 16.3. The topological polar surface area (TPSA) is 105 Å². The van der Waals surface area contributed by atoms with E-state index in [2.05, 4.69) is 15.3 Å². The molecule has 0 aliphatic rings. The fourth-order valence-corrected chi connectivity index (χ4v) is 0.892. The van der Waals surface area contributed by atoms with Crippen molar-refractivity contribution in [3.8, 4) is 5.88 Å². The minimum absolute atomic E-state index is 0.0886. The summed E-state index contributed by atoms with van der Waals surface area (Å²) in [6.07, 6.45) is 1.75. The van der Waals surface area contributed by atoms with Gasteiger partial charge in [0.2, 0.25) is 11.8 Å². The predicted molar refractivity (Wildman–Crippen MR) is 66.3 cm³/mol. The highest BCUT2D eigenvalue weighted by Gasteiger charge is 2.05. The summed E-state index contributed by atoms with van der Waals surface area (Å²) in [6.45, 7) is 4.87. The number of ether oxygens (including phenoxy) is 1. The SMILES string of the molecule is CC.CC(=O)Nc1cncc(OCC(O)CO)n1. The molecule has 1 amide bonds. The maximum Gasteiger partial charge on any atom is 0.234 e. The Morgan fingerprint density at radius 3 is 2.72 bits per heavy atom. The highest BCUT2D eigenvalue weighted by atomic mass is 16.5. The molecule has 1 aromatic heterocycles. The van der Waals surface area contributed by atoms with E-state index in [0.717, 1.165) is 0 Å². The number of hydrogen-bond acceptors (Lipinski definition) is 6. The number of nitrogens with zero attached hydrogens (tertiary/aromatic N) is 2. The fourth-order valence-electron chi connectivity index (χ4n) is 0.892. The van der Waals surface area contributed by atoms with Crippen molar-refractivity contribution in [3.63, 3.8) is 0 Å². The Bertz CT molecular complexity index is 360. The largest absolute Gasteiger partial charge is 0.474 e. The average molecular weight is 257 g/mol. The van der Waals surface area contributed by atoms with E-state index in [1.54, 1.807) is 0 Å².